The quantitative estimate of drug-likeness (QED) is 0.405. The van der Waals surface area contributed by atoms with Crippen LogP contribution in [0, 0.1) is 16.0 Å². The monoisotopic (exact) mass is 384 g/mol. The van der Waals surface area contributed by atoms with Crippen LogP contribution in [0.3, 0.4) is 0 Å². The molecule has 1 aliphatic rings. The zero-order chi connectivity index (χ0) is 19.9. The number of hydrogen-bond acceptors (Lipinski definition) is 6. The van der Waals surface area contributed by atoms with Crippen LogP contribution in [0.25, 0.3) is 0 Å². The Kier molecular flexibility index (Phi) is 6.21. The van der Waals surface area contributed by atoms with Crippen LogP contribution in [0.1, 0.15) is 24.4 Å². The third-order valence-electron chi connectivity index (χ3n) is 4.34. The third kappa shape index (κ3) is 5.29. The summed E-state index contributed by atoms with van der Waals surface area (Å²) in [6, 6.07) is 15.3. The van der Waals surface area contributed by atoms with E-state index in [1.807, 2.05) is 30.3 Å². The van der Waals surface area contributed by atoms with E-state index in [1.54, 1.807) is 6.07 Å². The van der Waals surface area contributed by atoms with Gasteiger partial charge in [-0.3, -0.25) is 14.9 Å². The van der Waals surface area contributed by atoms with Crippen LogP contribution in [-0.4, -0.2) is 30.0 Å². The molecule has 0 heterocycles. The summed E-state index contributed by atoms with van der Waals surface area (Å²) in [6.07, 6.45) is 2.09. The summed E-state index contributed by atoms with van der Waals surface area (Å²) in [5.41, 5.74) is 0.771. The molecule has 3 rings (SSSR count). The van der Waals surface area contributed by atoms with Crippen molar-refractivity contribution in [1.29, 1.82) is 0 Å². The summed E-state index contributed by atoms with van der Waals surface area (Å²) >= 11 is 0. The van der Waals surface area contributed by atoms with Crippen molar-refractivity contribution in [2.75, 3.05) is 13.2 Å². The Morgan fingerprint density at radius 3 is 2.43 bits per heavy atom. The van der Waals surface area contributed by atoms with E-state index < -0.39 is 30.0 Å². The van der Waals surface area contributed by atoms with Crippen LogP contribution in [0.15, 0.2) is 54.6 Å². The molecular weight excluding hydrogens is 364 g/mol. The first kappa shape index (κ1) is 19.3. The molecule has 1 atom stereocenters. The molecule has 1 unspecified atom stereocenters. The predicted octanol–water partition coefficient (Wildman–Crippen LogP) is 2.78. The Morgan fingerprint density at radius 1 is 1.07 bits per heavy atom. The molecule has 0 aromatic heterocycles. The van der Waals surface area contributed by atoms with Crippen LogP contribution >= 0.6 is 0 Å². The molecule has 8 heteroatoms. The number of para-hydroxylation sites is 2. The highest BCUT2D eigenvalue weighted by atomic mass is 16.6. The lowest BCUT2D eigenvalue weighted by Gasteiger charge is -2.18. The number of benzene rings is 2. The van der Waals surface area contributed by atoms with Crippen LogP contribution in [-0.2, 0) is 14.3 Å². The van der Waals surface area contributed by atoms with Crippen molar-refractivity contribution in [1.82, 2.24) is 5.32 Å². The number of carbonyl (C=O) groups excluding carboxylic acids is 2. The second-order valence-electron chi connectivity index (χ2n) is 6.47. The Balaban J connectivity index is 1.47. The number of nitro benzene ring substituents is 1. The summed E-state index contributed by atoms with van der Waals surface area (Å²) in [5.74, 6) is -0.827. The van der Waals surface area contributed by atoms with Crippen LogP contribution < -0.4 is 10.1 Å². The minimum absolute atomic E-state index is 0.0354. The van der Waals surface area contributed by atoms with E-state index in [-0.39, 0.29) is 17.5 Å². The first-order valence-electron chi connectivity index (χ1n) is 8.90. The Bertz CT molecular complexity index is 851. The number of nitrogens with zero attached hydrogens (tertiary/aromatic N) is 1. The molecule has 2 aromatic rings. The van der Waals surface area contributed by atoms with Crippen molar-refractivity contribution >= 4 is 17.6 Å². The van der Waals surface area contributed by atoms with Crippen molar-refractivity contribution in [3.05, 3.63) is 70.3 Å². The largest absolute Gasteiger partial charge is 0.475 e. The van der Waals surface area contributed by atoms with E-state index in [4.69, 9.17) is 9.47 Å². The van der Waals surface area contributed by atoms with Crippen molar-refractivity contribution in [3.63, 3.8) is 0 Å². The van der Waals surface area contributed by atoms with E-state index in [0.29, 0.717) is 5.92 Å². The smallest absolute Gasteiger partial charge is 0.344 e. The molecule has 1 fully saturated rings. The molecule has 0 aliphatic heterocycles. The van der Waals surface area contributed by atoms with Gasteiger partial charge in [0, 0.05) is 6.07 Å². The van der Waals surface area contributed by atoms with Crippen molar-refractivity contribution in [3.8, 4) is 5.75 Å². The first-order chi connectivity index (χ1) is 13.5. The van der Waals surface area contributed by atoms with Gasteiger partial charge in [-0.15, -0.1) is 0 Å². The molecule has 146 valence electrons. The average molecular weight is 384 g/mol. The summed E-state index contributed by atoms with van der Waals surface area (Å²) < 4.78 is 10.1. The van der Waals surface area contributed by atoms with Crippen molar-refractivity contribution < 1.29 is 24.0 Å². The van der Waals surface area contributed by atoms with Gasteiger partial charge in [-0.25, -0.2) is 4.79 Å². The summed E-state index contributed by atoms with van der Waals surface area (Å²) in [6.45, 7) is -0.960. The minimum Gasteiger partial charge on any atom is -0.475 e. The maximum absolute atomic E-state index is 12.2. The number of rotatable bonds is 9. The maximum atomic E-state index is 12.2. The van der Waals surface area contributed by atoms with Gasteiger partial charge in [0.25, 0.3) is 5.91 Å². The van der Waals surface area contributed by atoms with Crippen molar-refractivity contribution in [2.45, 2.75) is 18.9 Å². The van der Waals surface area contributed by atoms with Gasteiger partial charge in [0.1, 0.15) is 0 Å². The van der Waals surface area contributed by atoms with E-state index >= 15 is 0 Å². The lowest BCUT2D eigenvalue weighted by Crippen LogP contribution is -2.34. The lowest BCUT2D eigenvalue weighted by atomic mass is 10.0. The normalized spacial score (nSPS) is 14.0. The number of nitrogens with one attached hydrogen (secondary N) is 1. The number of esters is 1. The number of ether oxygens (including phenoxy) is 2. The highest BCUT2D eigenvalue weighted by Crippen LogP contribution is 2.40. The Labute approximate surface area is 161 Å². The maximum Gasteiger partial charge on any atom is 0.344 e. The Hall–Kier alpha value is -3.42. The molecule has 1 N–H and O–H groups in total. The van der Waals surface area contributed by atoms with Crippen LogP contribution in [0.5, 0.6) is 5.75 Å². The first-order valence-corrected chi connectivity index (χ1v) is 8.90. The highest BCUT2D eigenvalue weighted by molar-refractivity contribution is 5.81. The van der Waals surface area contributed by atoms with Crippen molar-refractivity contribution in [2.24, 2.45) is 5.92 Å². The number of carbonyl (C=O) groups is 2. The van der Waals surface area contributed by atoms with Crippen LogP contribution in [0.4, 0.5) is 5.69 Å². The topological polar surface area (TPSA) is 108 Å². The fourth-order valence-corrected chi connectivity index (χ4v) is 2.83. The van der Waals surface area contributed by atoms with E-state index in [0.717, 1.165) is 18.4 Å². The zero-order valence-corrected chi connectivity index (χ0v) is 15.1. The van der Waals surface area contributed by atoms with Gasteiger partial charge in [-0.05, 0) is 30.4 Å². The van der Waals surface area contributed by atoms with Gasteiger partial charge in [-0.1, -0.05) is 42.5 Å². The number of hydrogen-bond donors (Lipinski definition) is 1. The predicted molar refractivity (Wildman–Crippen MR) is 99.6 cm³/mol. The molecule has 0 saturated heterocycles. The van der Waals surface area contributed by atoms with E-state index in [2.05, 4.69) is 5.32 Å². The van der Waals surface area contributed by atoms with Gasteiger partial charge in [0.2, 0.25) is 0 Å². The standard InChI is InChI=1S/C20H20N2O6/c23-18(21-20(15-10-11-15)14-6-2-1-3-7-14)12-28-19(24)13-27-17-9-5-4-8-16(17)22(25)26/h1-9,15,20H,10-13H2,(H,21,23). The lowest BCUT2D eigenvalue weighted by molar-refractivity contribution is -0.385. The van der Waals surface area contributed by atoms with Crippen LogP contribution in [0.2, 0.25) is 0 Å². The Morgan fingerprint density at radius 2 is 1.75 bits per heavy atom. The van der Waals surface area contributed by atoms with Gasteiger partial charge in [0.05, 0.1) is 11.0 Å². The zero-order valence-electron chi connectivity index (χ0n) is 15.1. The molecule has 28 heavy (non-hydrogen) atoms. The summed E-state index contributed by atoms with van der Waals surface area (Å²) in [4.78, 5) is 34.3. The van der Waals surface area contributed by atoms with E-state index in [1.165, 1.54) is 18.2 Å². The van der Waals surface area contributed by atoms with Gasteiger partial charge < -0.3 is 14.8 Å². The molecule has 1 saturated carbocycles. The average Bonchev–Trinajstić information content (AvgIpc) is 3.55. The van der Waals surface area contributed by atoms with Gasteiger partial charge in [0.15, 0.2) is 19.0 Å². The minimum atomic E-state index is -0.781. The molecule has 0 bridgehead atoms. The summed E-state index contributed by atoms with van der Waals surface area (Å²) in [7, 11) is 0. The second-order valence-corrected chi connectivity index (χ2v) is 6.47. The van der Waals surface area contributed by atoms with Gasteiger partial charge >= 0.3 is 11.7 Å². The molecule has 0 radical (unpaired) electrons. The molecule has 0 spiro atoms. The highest BCUT2D eigenvalue weighted by Gasteiger charge is 2.33. The molecule has 1 aliphatic carbocycles. The molecular formula is C20H20N2O6. The fraction of sp³-hybridized carbons (Fsp3) is 0.300. The number of amides is 1. The second kappa shape index (κ2) is 8.98. The van der Waals surface area contributed by atoms with Gasteiger partial charge in [-0.2, -0.15) is 0 Å². The molecule has 8 nitrogen and oxygen atoms in total. The SMILES string of the molecule is O=C(COC(=O)COc1ccccc1[N+](=O)[O-])NC(c1ccccc1)C1CC1. The summed E-state index contributed by atoms with van der Waals surface area (Å²) in [5, 5.41) is 13.8. The van der Waals surface area contributed by atoms with E-state index in [9.17, 15) is 19.7 Å². The molecule has 1 amide bonds. The fourth-order valence-electron chi connectivity index (χ4n) is 2.83. The number of nitro groups is 1. The molecule has 2 aromatic carbocycles. The third-order valence-corrected chi connectivity index (χ3v) is 4.34.